The summed E-state index contributed by atoms with van der Waals surface area (Å²) in [7, 11) is -6.63. The van der Waals surface area contributed by atoms with Crippen molar-refractivity contribution in [3.8, 4) is 0 Å². The Morgan fingerprint density at radius 2 is 0.889 bits per heavy atom. The first-order valence-electron chi connectivity index (χ1n) is 5.89. The van der Waals surface area contributed by atoms with Crippen molar-refractivity contribution >= 4 is 20.2 Å². The number of hydrogen-bond acceptors (Lipinski definition) is 6. The van der Waals surface area contributed by atoms with Gasteiger partial charge in [-0.05, 0) is 12.8 Å². The van der Waals surface area contributed by atoms with Crippen LogP contribution in [0.5, 0.6) is 0 Å². The second-order valence-corrected chi connectivity index (χ2v) is 7.46. The predicted octanol–water partition coefficient (Wildman–Crippen LogP) is 1.28. The molecule has 8 heteroatoms. The van der Waals surface area contributed by atoms with Crippen LogP contribution >= 0.6 is 0 Å². The van der Waals surface area contributed by atoms with Gasteiger partial charge in [0.25, 0.3) is 20.2 Å². The molecule has 18 heavy (non-hydrogen) atoms. The fraction of sp³-hybridized carbons (Fsp3) is 1.00. The second kappa shape index (κ2) is 8.84. The summed E-state index contributed by atoms with van der Waals surface area (Å²) < 4.78 is 51.7. The molecule has 0 aromatic carbocycles. The monoisotopic (exact) mass is 302 g/mol. The van der Waals surface area contributed by atoms with Crippen LogP contribution in [0, 0.1) is 0 Å². The number of rotatable bonds is 11. The highest BCUT2D eigenvalue weighted by molar-refractivity contribution is 7.86. The van der Waals surface area contributed by atoms with Gasteiger partial charge in [-0.15, -0.1) is 0 Å². The highest BCUT2D eigenvalue weighted by Gasteiger charge is 2.01. The van der Waals surface area contributed by atoms with Gasteiger partial charge in [0.15, 0.2) is 0 Å². The molecule has 0 aromatic rings. The average Bonchev–Trinajstić information content (AvgIpc) is 2.17. The Morgan fingerprint density at radius 3 is 1.17 bits per heavy atom. The summed E-state index contributed by atoms with van der Waals surface area (Å²) in [6.07, 6.45) is 7.27. The zero-order valence-corrected chi connectivity index (χ0v) is 12.6. The van der Waals surface area contributed by atoms with Crippen LogP contribution in [-0.4, -0.2) is 42.6 Å². The van der Waals surface area contributed by atoms with Gasteiger partial charge in [-0.1, -0.05) is 25.7 Å². The van der Waals surface area contributed by atoms with Gasteiger partial charge < -0.3 is 0 Å². The van der Waals surface area contributed by atoms with Crippen LogP contribution in [0.4, 0.5) is 0 Å². The Kier molecular flexibility index (Phi) is 8.75. The molecule has 0 bridgehead atoms. The molecule has 0 aromatic heterocycles. The minimum absolute atomic E-state index is 0.232. The molecule has 0 heterocycles. The van der Waals surface area contributed by atoms with Gasteiger partial charge in [-0.3, -0.25) is 8.37 Å². The van der Waals surface area contributed by atoms with Gasteiger partial charge in [0.05, 0.1) is 25.7 Å². The van der Waals surface area contributed by atoms with Crippen LogP contribution in [0.1, 0.15) is 38.5 Å². The van der Waals surface area contributed by atoms with E-state index in [1.54, 1.807) is 0 Å². The van der Waals surface area contributed by atoms with Crippen LogP contribution in [0.15, 0.2) is 0 Å². The molecule has 6 nitrogen and oxygen atoms in total. The third kappa shape index (κ3) is 15.8. The summed E-state index contributed by atoms with van der Waals surface area (Å²) in [4.78, 5) is 0. The Morgan fingerprint density at radius 1 is 0.611 bits per heavy atom. The normalized spacial score (nSPS) is 12.8. The summed E-state index contributed by atoms with van der Waals surface area (Å²) in [5.74, 6) is 0. The maximum absolute atomic E-state index is 10.6. The third-order valence-electron chi connectivity index (χ3n) is 2.13. The smallest absolute Gasteiger partial charge is 0.264 e. The summed E-state index contributed by atoms with van der Waals surface area (Å²) in [6, 6.07) is 0. The molecular weight excluding hydrogens is 280 g/mol. The molecule has 0 atom stereocenters. The highest BCUT2D eigenvalue weighted by Crippen LogP contribution is 2.06. The van der Waals surface area contributed by atoms with Gasteiger partial charge in [0.1, 0.15) is 0 Å². The van der Waals surface area contributed by atoms with Crippen molar-refractivity contribution in [3.63, 3.8) is 0 Å². The molecule has 0 rings (SSSR count). The Bertz CT molecular complexity index is 358. The maximum Gasteiger partial charge on any atom is 0.264 e. The molecule has 0 spiro atoms. The van der Waals surface area contributed by atoms with Crippen LogP contribution in [-0.2, 0) is 28.6 Å². The van der Waals surface area contributed by atoms with E-state index in [1.165, 1.54) is 0 Å². The van der Waals surface area contributed by atoms with Gasteiger partial charge in [-0.2, -0.15) is 16.8 Å². The Hall–Kier alpha value is -0.180. The molecule has 0 amide bonds. The molecule has 0 fully saturated rings. The lowest BCUT2D eigenvalue weighted by molar-refractivity contribution is 0.302. The van der Waals surface area contributed by atoms with E-state index in [0.717, 1.165) is 38.2 Å². The predicted molar refractivity (Wildman–Crippen MR) is 69.3 cm³/mol. The summed E-state index contributed by atoms with van der Waals surface area (Å²) in [5, 5.41) is 0. The summed E-state index contributed by atoms with van der Waals surface area (Å²) in [6.45, 7) is 0.464. The van der Waals surface area contributed by atoms with Crippen molar-refractivity contribution in [1.29, 1.82) is 0 Å². The van der Waals surface area contributed by atoms with Crippen LogP contribution in [0.3, 0.4) is 0 Å². The first kappa shape index (κ1) is 17.8. The van der Waals surface area contributed by atoms with E-state index in [0.29, 0.717) is 12.8 Å². The largest absolute Gasteiger partial charge is 0.270 e. The van der Waals surface area contributed by atoms with E-state index in [9.17, 15) is 16.8 Å². The SMILES string of the molecule is CS(=O)(=O)OCCCCCCCCOS(C)(=O)=O. The zero-order valence-electron chi connectivity index (χ0n) is 10.9. The standard InChI is InChI=1S/C10H22O6S2/c1-17(11,12)15-9-7-5-3-4-6-8-10-16-18(2,13)14/h3-10H2,1-2H3. The molecule has 0 aliphatic carbocycles. The maximum atomic E-state index is 10.6. The minimum atomic E-state index is -3.32. The molecule has 0 saturated carbocycles. The molecule has 0 saturated heterocycles. The molecule has 0 aliphatic rings. The van der Waals surface area contributed by atoms with E-state index < -0.39 is 20.2 Å². The number of unbranched alkanes of at least 4 members (excludes halogenated alkanes) is 5. The first-order valence-corrected chi connectivity index (χ1v) is 9.53. The summed E-state index contributed by atoms with van der Waals surface area (Å²) >= 11 is 0. The Labute approximate surface area is 110 Å². The van der Waals surface area contributed by atoms with Crippen LogP contribution in [0.2, 0.25) is 0 Å². The Balaban J connectivity index is 3.22. The first-order chi connectivity index (χ1) is 8.21. The van der Waals surface area contributed by atoms with E-state index in [4.69, 9.17) is 0 Å². The van der Waals surface area contributed by atoms with E-state index >= 15 is 0 Å². The van der Waals surface area contributed by atoms with Crippen molar-refractivity contribution in [2.75, 3.05) is 25.7 Å². The molecule has 110 valence electrons. The van der Waals surface area contributed by atoms with Crippen molar-refractivity contribution in [2.24, 2.45) is 0 Å². The molecule has 0 aliphatic heterocycles. The van der Waals surface area contributed by atoms with Gasteiger partial charge in [0.2, 0.25) is 0 Å². The average molecular weight is 302 g/mol. The van der Waals surface area contributed by atoms with Crippen molar-refractivity contribution in [1.82, 2.24) is 0 Å². The van der Waals surface area contributed by atoms with Crippen molar-refractivity contribution < 1.29 is 25.2 Å². The van der Waals surface area contributed by atoms with Gasteiger partial charge >= 0.3 is 0 Å². The van der Waals surface area contributed by atoms with Gasteiger partial charge in [0, 0.05) is 0 Å². The molecular formula is C10H22O6S2. The van der Waals surface area contributed by atoms with Crippen LogP contribution < -0.4 is 0 Å². The van der Waals surface area contributed by atoms with Crippen molar-refractivity contribution in [3.05, 3.63) is 0 Å². The quantitative estimate of drug-likeness (QED) is 0.422. The van der Waals surface area contributed by atoms with E-state index in [-0.39, 0.29) is 13.2 Å². The lowest BCUT2D eigenvalue weighted by Gasteiger charge is -2.03. The van der Waals surface area contributed by atoms with Gasteiger partial charge in [-0.25, -0.2) is 0 Å². The topological polar surface area (TPSA) is 86.7 Å². The zero-order chi connectivity index (χ0) is 14.1. The highest BCUT2D eigenvalue weighted by atomic mass is 32.2. The van der Waals surface area contributed by atoms with Crippen LogP contribution in [0.25, 0.3) is 0 Å². The lowest BCUT2D eigenvalue weighted by Crippen LogP contribution is -2.04. The minimum Gasteiger partial charge on any atom is -0.270 e. The third-order valence-corrected chi connectivity index (χ3v) is 3.32. The molecule has 0 unspecified atom stereocenters. The molecule has 0 N–H and O–H groups in total. The van der Waals surface area contributed by atoms with Crippen molar-refractivity contribution in [2.45, 2.75) is 38.5 Å². The second-order valence-electron chi connectivity index (χ2n) is 4.17. The summed E-state index contributed by atoms with van der Waals surface area (Å²) in [5.41, 5.74) is 0. The van der Waals surface area contributed by atoms with E-state index in [2.05, 4.69) is 8.37 Å². The fourth-order valence-electron chi connectivity index (χ4n) is 1.33. The lowest BCUT2D eigenvalue weighted by atomic mass is 10.1. The number of hydrogen-bond donors (Lipinski definition) is 0. The molecule has 0 radical (unpaired) electrons. The fourth-order valence-corrected chi connectivity index (χ4v) is 2.17. The van der Waals surface area contributed by atoms with E-state index in [1.807, 2.05) is 0 Å².